The Labute approximate surface area is 95.4 Å². The van der Waals surface area contributed by atoms with Crippen LogP contribution in [-0.2, 0) is 9.59 Å². The zero-order valence-electron chi connectivity index (χ0n) is 9.82. The highest BCUT2D eigenvalue weighted by molar-refractivity contribution is 5.91. The van der Waals surface area contributed by atoms with Gasteiger partial charge < -0.3 is 10.4 Å². The molecule has 2 N–H and O–H groups in total. The van der Waals surface area contributed by atoms with Crippen molar-refractivity contribution in [2.24, 2.45) is 17.3 Å². The van der Waals surface area contributed by atoms with E-state index in [2.05, 4.69) is 5.32 Å². The Kier molecular flexibility index (Phi) is 2.68. The number of hydrogen-bond donors (Lipinski definition) is 2. The molecule has 4 heteroatoms. The number of carbonyl (C=O) groups is 2. The molecule has 2 rings (SSSR count). The van der Waals surface area contributed by atoms with Gasteiger partial charge in [0.15, 0.2) is 0 Å². The minimum absolute atomic E-state index is 0.0655. The minimum atomic E-state index is -0.850. The van der Waals surface area contributed by atoms with Crippen LogP contribution in [0.25, 0.3) is 0 Å². The van der Waals surface area contributed by atoms with E-state index < -0.39 is 11.9 Å². The van der Waals surface area contributed by atoms with Gasteiger partial charge in [-0.25, -0.2) is 0 Å². The third kappa shape index (κ3) is 1.81. The van der Waals surface area contributed by atoms with E-state index in [1.807, 2.05) is 13.8 Å². The quantitative estimate of drug-likeness (QED) is 0.763. The van der Waals surface area contributed by atoms with Crippen LogP contribution in [0, 0.1) is 17.3 Å². The van der Waals surface area contributed by atoms with Gasteiger partial charge in [-0.05, 0) is 18.3 Å². The molecule has 2 saturated carbocycles. The van der Waals surface area contributed by atoms with Gasteiger partial charge in [-0.3, -0.25) is 9.59 Å². The van der Waals surface area contributed by atoms with E-state index in [0.29, 0.717) is 0 Å². The maximum atomic E-state index is 11.9. The van der Waals surface area contributed by atoms with Crippen molar-refractivity contribution in [3.8, 4) is 0 Å². The molecule has 0 spiro atoms. The van der Waals surface area contributed by atoms with Crippen molar-refractivity contribution < 1.29 is 14.7 Å². The molecule has 2 aliphatic rings. The molecule has 2 fully saturated rings. The molecule has 0 aromatic heterocycles. The molecule has 0 aliphatic heterocycles. The lowest BCUT2D eigenvalue weighted by Crippen LogP contribution is -2.35. The molecular formula is C12H19NO3. The molecule has 0 saturated heterocycles. The van der Waals surface area contributed by atoms with Gasteiger partial charge in [-0.1, -0.05) is 26.7 Å². The fourth-order valence-electron chi connectivity index (χ4n) is 2.95. The molecule has 0 radical (unpaired) electrons. The van der Waals surface area contributed by atoms with E-state index >= 15 is 0 Å². The molecule has 90 valence electrons. The Bertz CT molecular complexity index is 318. The Hall–Kier alpha value is -1.06. The van der Waals surface area contributed by atoms with Gasteiger partial charge in [-0.2, -0.15) is 0 Å². The van der Waals surface area contributed by atoms with Gasteiger partial charge in [0, 0.05) is 6.04 Å². The van der Waals surface area contributed by atoms with E-state index in [4.69, 9.17) is 5.11 Å². The summed E-state index contributed by atoms with van der Waals surface area (Å²) in [6.45, 7) is 3.70. The Morgan fingerprint density at radius 1 is 1.19 bits per heavy atom. The number of rotatable bonds is 3. The molecule has 4 nitrogen and oxygen atoms in total. The second-order valence-corrected chi connectivity index (χ2v) is 5.60. The predicted molar refractivity (Wildman–Crippen MR) is 58.8 cm³/mol. The lowest BCUT2D eigenvalue weighted by molar-refractivity contribution is -0.140. The monoisotopic (exact) mass is 225 g/mol. The molecule has 16 heavy (non-hydrogen) atoms. The van der Waals surface area contributed by atoms with Gasteiger partial charge in [-0.15, -0.1) is 0 Å². The zero-order chi connectivity index (χ0) is 11.9. The molecule has 0 aromatic carbocycles. The van der Waals surface area contributed by atoms with Crippen LogP contribution in [-0.4, -0.2) is 23.0 Å². The minimum Gasteiger partial charge on any atom is -0.481 e. The summed E-state index contributed by atoms with van der Waals surface area (Å²) in [7, 11) is 0. The Balaban J connectivity index is 1.93. The maximum Gasteiger partial charge on any atom is 0.307 e. The van der Waals surface area contributed by atoms with Crippen molar-refractivity contribution in [3.05, 3.63) is 0 Å². The predicted octanol–water partition coefficient (Wildman–Crippen LogP) is 1.40. The summed E-state index contributed by atoms with van der Waals surface area (Å²) in [5.41, 5.74) is -0.380. The molecule has 0 bridgehead atoms. The highest BCUT2D eigenvalue weighted by Gasteiger charge is 2.65. The Morgan fingerprint density at radius 3 is 2.19 bits per heavy atom. The first kappa shape index (κ1) is 11.4. The topological polar surface area (TPSA) is 66.4 Å². The van der Waals surface area contributed by atoms with Gasteiger partial charge in [0.1, 0.15) is 0 Å². The normalized spacial score (nSPS) is 32.4. The smallest absolute Gasteiger partial charge is 0.307 e. The maximum absolute atomic E-state index is 11.9. The lowest BCUT2D eigenvalue weighted by Gasteiger charge is -2.12. The van der Waals surface area contributed by atoms with Gasteiger partial charge in [0.2, 0.25) is 5.91 Å². The molecule has 1 amide bonds. The summed E-state index contributed by atoms with van der Waals surface area (Å²) in [6, 6.07) is 0.276. The molecule has 2 aliphatic carbocycles. The van der Waals surface area contributed by atoms with Crippen LogP contribution in [0.3, 0.4) is 0 Å². The van der Waals surface area contributed by atoms with E-state index in [0.717, 1.165) is 12.8 Å². The molecule has 0 aromatic rings. The van der Waals surface area contributed by atoms with E-state index in [1.165, 1.54) is 12.8 Å². The molecule has 0 heterocycles. The summed E-state index contributed by atoms with van der Waals surface area (Å²) >= 11 is 0. The number of aliphatic carboxylic acids is 1. The van der Waals surface area contributed by atoms with Gasteiger partial charge in [0.05, 0.1) is 11.8 Å². The van der Waals surface area contributed by atoms with Crippen LogP contribution < -0.4 is 5.32 Å². The zero-order valence-corrected chi connectivity index (χ0v) is 9.82. The number of hydrogen-bond acceptors (Lipinski definition) is 2. The van der Waals surface area contributed by atoms with Crippen molar-refractivity contribution in [1.82, 2.24) is 5.32 Å². The van der Waals surface area contributed by atoms with E-state index in [-0.39, 0.29) is 23.3 Å². The van der Waals surface area contributed by atoms with E-state index in [1.54, 1.807) is 0 Å². The number of carboxylic acids is 1. The third-order valence-corrected chi connectivity index (χ3v) is 4.08. The second-order valence-electron chi connectivity index (χ2n) is 5.60. The lowest BCUT2D eigenvalue weighted by atomic mass is 10.1. The van der Waals surface area contributed by atoms with Crippen molar-refractivity contribution in [2.75, 3.05) is 0 Å². The summed E-state index contributed by atoms with van der Waals surface area (Å²) in [5, 5.41) is 12.0. The fraction of sp³-hybridized carbons (Fsp3) is 0.833. The van der Waals surface area contributed by atoms with Crippen molar-refractivity contribution in [1.29, 1.82) is 0 Å². The first-order valence-corrected chi connectivity index (χ1v) is 5.98. The highest BCUT2D eigenvalue weighted by Crippen LogP contribution is 2.58. The fourth-order valence-corrected chi connectivity index (χ4v) is 2.95. The van der Waals surface area contributed by atoms with Crippen LogP contribution in [0.4, 0.5) is 0 Å². The largest absolute Gasteiger partial charge is 0.481 e. The van der Waals surface area contributed by atoms with E-state index in [9.17, 15) is 9.59 Å². The van der Waals surface area contributed by atoms with Crippen LogP contribution in [0.5, 0.6) is 0 Å². The number of amides is 1. The number of carbonyl (C=O) groups excluding carboxylic acids is 1. The van der Waals surface area contributed by atoms with Crippen molar-refractivity contribution in [2.45, 2.75) is 45.6 Å². The van der Waals surface area contributed by atoms with Crippen molar-refractivity contribution >= 4 is 11.9 Å². The molecular weight excluding hydrogens is 206 g/mol. The summed E-state index contributed by atoms with van der Waals surface area (Å²) in [5.74, 6) is -1.76. The first-order chi connectivity index (χ1) is 7.44. The molecule has 2 atom stereocenters. The average molecular weight is 225 g/mol. The third-order valence-electron chi connectivity index (χ3n) is 4.08. The standard InChI is InChI=1S/C12H19NO3/c1-12(2)8(9(12)11(15)16)10(14)13-7-5-3-4-6-7/h7-9H,3-6H2,1-2H3,(H,13,14)(H,15,16). The SMILES string of the molecule is CC1(C)C(C(=O)O)C1C(=O)NC1CCCC1. The Morgan fingerprint density at radius 2 is 1.75 bits per heavy atom. The highest BCUT2D eigenvalue weighted by atomic mass is 16.4. The summed E-state index contributed by atoms with van der Waals surface area (Å²) < 4.78 is 0. The first-order valence-electron chi connectivity index (χ1n) is 5.98. The van der Waals surface area contributed by atoms with Crippen LogP contribution >= 0.6 is 0 Å². The summed E-state index contributed by atoms with van der Waals surface area (Å²) in [6.07, 6.45) is 4.41. The van der Waals surface area contributed by atoms with Gasteiger partial charge in [0.25, 0.3) is 0 Å². The average Bonchev–Trinajstić information content (AvgIpc) is 2.58. The van der Waals surface area contributed by atoms with Crippen LogP contribution in [0.1, 0.15) is 39.5 Å². The van der Waals surface area contributed by atoms with Crippen LogP contribution in [0.2, 0.25) is 0 Å². The van der Waals surface area contributed by atoms with Crippen LogP contribution in [0.15, 0.2) is 0 Å². The second kappa shape index (κ2) is 3.75. The van der Waals surface area contributed by atoms with Crippen molar-refractivity contribution in [3.63, 3.8) is 0 Å². The number of nitrogens with one attached hydrogen (secondary N) is 1. The number of carboxylic acid groups (broad SMARTS) is 1. The summed E-state index contributed by atoms with van der Waals surface area (Å²) in [4.78, 5) is 22.9. The van der Waals surface area contributed by atoms with Gasteiger partial charge >= 0.3 is 5.97 Å². The molecule has 2 unspecified atom stereocenters.